The number of ether oxygens (including phenoxy) is 3. The van der Waals surface area contributed by atoms with Crippen molar-refractivity contribution in [2.75, 3.05) is 14.2 Å². The summed E-state index contributed by atoms with van der Waals surface area (Å²) in [5, 5.41) is 1.64. The van der Waals surface area contributed by atoms with Gasteiger partial charge >= 0.3 is 0 Å². The number of thioether (sulfide) groups is 1. The molecule has 1 aliphatic heterocycles. The highest BCUT2D eigenvalue weighted by molar-refractivity contribution is 8.15. The normalized spacial score (nSPS) is 15.5. The van der Waals surface area contributed by atoms with Crippen molar-refractivity contribution in [3.8, 4) is 34.1 Å². The fourth-order valence-electron chi connectivity index (χ4n) is 3.28. The predicted octanol–water partition coefficient (Wildman–Crippen LogP) is 5.06. The highest BCUT2D eigenvalue weighted by Gasteiger charge is 2.31. The Morgan fingerprint density at radius 1 is 0.806 bits per heavy atom. The van der Waals surface area contributed by atoms with Gasteiger partial charge in [0.1, 0.15) is 23.0 Å². The van der Waals surface area contributed by atoms with Crippen LogP contribution in [0.5, 0.6) is 23.0 Å². The van der Waals surface area contributed by atoms with E-state index in [9.17, 15) is 9.59 Å². The first kappa shape index (κ1) is 20.8. The molecule has 6 nitrogen and oxygen atoms in total. The second kappa shape index (κ2) is 9.14. The van der Waals surface area contributed by atoms with E-state index >= 15 is 0 Å². The van der Waals surface area contributed by atoms with Gasteiger partial charge in [0.05, 0.1) is 19.5 Å². The number of rotatable bonds is 7. The number of methoxy groups -OCH3 is 2. The third-order valence-corrected chi connectivity index (χ3v) is 5.85. The standard InChI is InChI=1S/C24H21NO5S/c1-28-20-12-17(13-21(14-20)29-2)16-4-3-5-19(11-16)30-18-8-6-15(7-9-18)10-22-23(26)25-24(27)31-22/h3-9,11-14,22H,10H2,1-2H3,(H,25,26,27). The maximum absolute atomic E-state index is 11.7. The van der Waals surface area contributed by atoms with Crippen LogP contribution in [0.2, 0.25) is 0 Å². The lowest BCUT2D eigenvalue weighted by Crippen LogP contribution is -2.25. The minimum Gasteiger partial charge on any atom is -0.497 e. The Morgan fingerprint density at radius 2 is 1.48 bits per heavy atom. The van der Waals surface area contributed by atoms with E-state index in [4.69, 9.17) is 14.2 Å². The molecule has 158 valence electrons. The number of amides is 2. The molecule has 1 fully saturated rings. The summed E-state index contributed by atoms with van der Waals surface area (Å²) in [6, 6.07) is 21.0. The van der Waals surface area contributed by atoms with E-state index in [0.717, 1.165) is 28.5 Å². The fourth-order valence-corrected chi connectivity index (χ4v) is 4.14. The molecule has 1 aliphatic rings. The molecule has 3 aromatic carbocycles. The Kier molecular flexibility index (Phi) is 6.13. The molecule has 7 heteroatoms. The van der Waals surface area contributed by atoms with Crippen molar-refractivity contribution >= 4 is 22.9 Å². The van der Waals surface area contributed by atoms with Crippen molar-refractivity contribution in [2.45, 2.75) is 11.7 Å². The number of benzene rings is 3. The van der Waals surface area contributed by atoms with Crippen LogP contribution in [0.3, 0.4) is 0 Å². The molecule has 0 aromatic heterocycles. The van der Waals surface area contributed by atoms with E-state index in [1.54, 1.807) is 14.2 Å². The maximum Gasteiger partial charge on any atom is 0.286 e. The summed E-state index contributed by atoms with van der Waals surface area (Å²) in [5.41, 5.74) is 2.89. The number of carbonyl (C=O) groups excluding carboxylic acids is 2. The molecule has 4 rings (SSSR count). The predicted molar refractivity (Wildman–Crippen MR) is 120 cm³/mol. The Bertz CT molecular complexity index is 1090. The third-order valence-electron chi connectivity index (χ3n) is 4.87. The first-order chi connectivity index (χ1) is 15.0. The van der Waals surface area contributed by atoms with Crippen molar-refractivity contribution < 1.29 is 23.8 Å². The smallest absolute Gasteiger partial charge is 0.286 e. The van der Waals surface area contributed by atoms with E-state index in [0.29, 0.717) is 29.4 Å². The first-order valence-corrected chi connectivity index (χ1v) is 10.5. The minimum atomic E-state index is -0.379. The number of nitrogens with one attached hydrogen (secondary N) is 1. The molecular weight excluding hydrogens is 414 g/mol. The summed E-state index contributed by atoms with van der Waals surface area (Å²) in [6.45, 7) is 0. The second-order valence-corrected chi connectivity index (χ2v) is 8.14. The largest absolute Gasteiger partial charge is 0.497 e. The Balaban J connectivity index is 1.48. The first-order valence-electron chi connectivity index (χ1n) is 9.66. The van der Waals surface area contributed by atoms with Crippen LogP contribution in [0.25, 0.3) is 11.1 Å². The van der Waals surface area contributed by atoms with Crippen LogP contribution in [0.15, 0.2) is 66.7 Å². The fraction of sp³-hybridized carbons (Fsp3) is 0.167. The summed E-state index contributed by atoms with van der Waals surface area (Å²) in [5.74, 6) is 2.58. The summed E-state index contributed by atoms with van der Waals surface area (Å²) < 4.78 is 16.7. The van der Waals surface area contributed by atoms with E-state index < -0.39 is 0 Å². The lowest BCUT2D eigenvalue weighted by atomic mass is 10.0. The van der Waals surface area contributed by atoms with Gasteiger partial charge < -0.3 is 14.2 Å². The SMILES string of the molecule is COc1cc(OC)cc(-c2cccc(Oc3ccc(CC4SC(=O)NC4=O)cc3)c2)c1. The van der Waals surface area contributed by atoms with Gasteiger partial charge in [0.25, 0.3) is 5.24 Å². The van der Waals surface area contributed by atoms with Gasteiger partial charge in [-0.15, -0.1) is 0 Å². The van der Waals surface area contributed by atoms with E-state index in [-0.39, 0.29) is 16.4 Å². The Morgan fingerprint density at radius 3 is 2.10 bits per heavy atom. The van der Waals surface area contributed by atoms with E-state index in [1.807, 2.05) is 66.7 Å². The molecule has 1 atom stereocenters. The zero-order valence-electron chi connectivity index (χ0n) is 17.1. The summed E-state index contributed by atoms with van der Waals surface area (Å²) >= 11 is 1.03. The Hall–Kier alpha value is -3.45. The molecule has 1 unspecified atom stereocenters. The molecule has 0 radical (unpaired) electrons. The minimum absolute atomic E-state index is 0.235. The zero-order valence-corrected chi connectivity index (χ0v) is 17.9. The quantitative estimate of drug-likeness (QED) is 0.559. The highest BCUT2D eigenvalue weighted by Crippen LogP contribution is 2.33. The molecule has 0 spiro atoms. The summed E-state index contributed by atoms with van der Waals surface area (Å²) in [4.78, 5) is 23.0. The summed E-state index contributed by atoms with van der Waals surface area (Å²) in [6.07, 6.45) is 0.496. The topological polar surface area (TPSA) is 73.9 Å². The number of hydrogen-bond acceptors (Lipinski definition) is 6. The molecule has 31 heavy (non-hydrogen) atoms. The third kappa shape index (κ3) is 5.00. The average molecular weight is 436 g/mol. The monoisotopic (exact) mass is 435 g/mol. The molecular formula is C24H21NO5S. The van der Waals surface area contributed by atoms with Crippen LogP contribution >= 0.6 is 11.8 Å². The maximum atomic E-state index is 11.7. The molecule has 1 heterocycles. The van der Waals surface area contributed by atoms with E-state index in [1.165, 1.54) is 0 Å². The van der Waals surface area contributed by atoms with Gasteiger partial charge in [-0.05, 0) is 59.5 Å². The lowest BCUT2D eigenvalue weighted by molar-refractivity contribution is -0.118. The highest BCUT2D eigenvalue weighted by atomic mass is 32.2. The van der Waals surface area contributed by atoms with Crippen molar-refractivity contribution in [1.82, 2.24) is 5.32 Å². The van der Waals surface area contributed by atoms with Gasteiger partial charge in [0.15, 0.2) is 0 Å². The van der Waals surface area contributed by atoms with Crippen LogP contribution in [-0.2, 0) is 11.2 Å². The molecule has 3 aromatic rings. The van der Waals surface area contributed by atoms with Crippen LogP contribution < -0.4 is 19.5 Å². The van der Waals surface area contributed by atoms with Crippen LogP contribution in [0, 0.1) is 0 Å². The molecule has 0 aliphatic carbocycles. The molecule has 2 amide bonds. The van der Waals surface area contributed by atoms with Gasteiger partial charge in [-0.3, -0.25) is 14.9 Å². The second-order valence-electron chi connectivity index (χ2n) is 6.96. The lowest BCUT2D eigenvalue weighted by Gasteiger charge is -2.11. The van der Waals surface area contributed by atoms with Gasteiger partial charge in [-0.2, -0.15) is 0 Å². The number of carbonyl (C=O) groups is 2. The molecule has 0 saturated carbocycles. The number of imide groups is 1. The average Bonchev–Trinajstić information content (AvgIpc) is 3.11. The van der Waals surface area contributed by atoms with Gasteiger partial charge in [-0.25, -0.2) is 0 Å². The zero-order chi connectivity index (χ0) is 21.8. The summed E-state index contributed by atoms with van der Waals surface area (Å²) in [7, 11) is 3.24. The Labute approximate surface area is 184 Å². The molecule has 0 bridgehead atoms. The van der Waals surface area contributed by atoms with Gasteiger partial charge in [-0.1, -0.05) is 36.0 Å². The van der Waals surface area contributed by atoms with Crippen LogP contribution in [0.1, 0.15) is 5.56 Å². The van der Waals surface area contributed by atoms with Crippen molar-refractivity contribution in [2.24, 2.45) is 0 Å². The van der Waals surface area contributed by atoms with Crippen molar-refractivity contribution in [1.29, 1.82) is 0 Å². The van der Waals surface area contributed by atoms with Crippen molar-refractivity contribution in [3.63, 3.8) is 0 Å². The van der Waals surface area contributed by atoms with E-state index in [2.05, 4.69) is 5.32 Å². The number of hydrogen-bond donors (Lipinski definition) is 1. The van der Waals surface area contributed by atoms with Gasteiger partial charge in [0, 0.05) is 6.07 Å². The van der Waals surface area contributed by atoms with Gasteiger partial charge in [0.2, 0.25) is 5.91 Å². The van der Waals surface area contributed by atoms with Crippen LogP contribution in [0.4, 0.5) is 4.79 Å². The van der Waals surface area contributed by atoms with Crippen molar-refractivity contribution in [3.05, 3.63) is 72.3 Å². The van der Waals surface area contributed by atoms with Crippen LogP contribution in [-0.4, -0.2) is 30.6 Å². The molecule has 1 N–H and O–H groups in total. The molecule has 1 saturated heterocycles.